The summed E-state index contributed by atoms with van der Waals surface area (Å²) in [4.78, 5) is 11.8. The number of nitrogens with zero attached hydrogens (tertiary/aromatic N) is 2. The minimum atomic E-state index is -4.86. The lowest BCUT2D eigenvalue weighted by atomic mass is 9.98. The Hall–Kier alpha value is -4.73. The highest BCUT2D eigenvalue weighted by atomic mass is 19.4. The van der Waals surface area contributed by atoms with E-state index >= 15 is 0 Å². The Balaban J connectivity index is 1.44. The second-order valence-electron chi connectivity index (χ2n) is 10.4. The fraction of sp³-hybridized carbons (Fsp3) is 0.250. The number of rotatable bonds is 8. The molecule has 0 amide bonds. The lowest BCUT2D eigenvalue weighted by Crippen LogP contribution is -2.17. The summed E-state index contributed by atoms with van der Waals surface area (Å²) in [5.74, 6) is -0.372. The molecule has 0 atom stereocenters. The van der Waals surface area contributed by atoms with E-state index in [1.807, 2.05) is 68.8 Å². The molecule has 0 unspecified atom stereocenters. The third-order valence-corrected chi connectivity index (χ3v) is 7.31. The molecule has 10 heteroatoms. The summed E-state index contributed by atoms with van der Waals surface area (Å²) in [6.07, 6.45) is -4.86. The second kappa shape index (κ2) is 10.9. The number of fused-ring (bicyclic) bond motifs is 1. The summed E-state index contributed by atoms with van der Waals surface area (Å²) < 4.78 is 57.0. The Morgan fingerprint density at radius 1 is 1.05 bits per heavy atom. The maximum absolute atomic E-state index is 13.1. The minimum Gasteiger partial charge on any atom is -0.489 e. The fourth-order valence-electron chi connectivity index (χ4n) is 5.21. The number of halogens is 3. The van der Waals surface area contributed by atoms with Crippen LogP contribution in [0.4, 0.5) is 13.2 Å². The molecule has 5 aromatic rings. The zero-order chi connectivity index (χ0) is 30.3. The van der Waals surface area contributed by atoms with Crippen LogP contribution < -0.4 is 9.47 Å². The first-order valence-corrected chi connectivity index (χ1v) is 13.3. The molecule has 0 aliphatic rings. The molecule has 0 radical (unpaired) electrons. The topological polar surface area (TPSA) is 86.7 Å². The first-order valence-electron chi connectivity index (χ1n) is 13.3. The maximum Gasteiger partial charge on any atom is 0.573 e. The van der Waals surface area contributed by atoms with E-state index in [0.717, 1.165) is 22.2 Å². The maximum atomic E-state index is 13.1. The van der Waals surface area contributed by atoms with Gasteiger partial charge in [-0.25, -0.2) is 4.79 Å². The fourth-order valence-corrected chi connectivity index (χ4v) is 5.21. The van der Waals surface area contributed by atoms with Crippen LogP contribution in [0.25, 0.3) is 33.3 Å². The zero-order valence-electron chi connectivity index (χ0n) is 23.7. The molecule has 0 aliphatic carbocycles. The summed E-state index contributed by atoms with van der Waals surface area (Å²) >= 11 is 0. The van der Waals surface area contributed by atoms with Crippen molar-refractivity contribution in [3.05, 3.63) is 88.8 Å². The number of carboxylic acid groups (broad SMARTS) is 1. The summed E-state index contributed by atoms with van der Waals surface area (Å²) in [7, 11) is 1.84. The summed E-state index contributed by atoms with van der Waals surface area (Å²) in [5, 5.41) is 14.4. The van der Waals surface area contributed by atoms with E-state index in [-0.39, 0.29) is 29.5 Å². The van der Waals surface area contributed by atoms with Crippen LogP contribution in [0.1, 0.15) is 52.7 Å². The average Bonchev–Trinajstić information content (AvgIpc) is 3.45. The predicted molar refractivity (Wildman–Crippen MR) is 152 cm³/mol. The molecular weight excluding hydrogens is 549 g/mol. The van der Waals surface area contributed by atoms with Gasteiger partial charge in [-0.1, -0.05) is 49.3 Å². The van der Waals surface area contributed by atoms with Crippen molar-refractivity contribution in [1.82, 2.24) is 9.72 Å². The molecule has 42 heavy (non-hydrogen) atoms. The van der Waals surface area contributed by atoms with Gasteiger partial charge in [0.25, 0.3) is 0 Å². The van der Waals surface area contributed by atoms with E-state index < -0.39 is 12.3 Å². The number of aryl methyl sites for hydroxylation is 2. The van der Waals surface area contributed by atoms with Gasteiger partial charge in [-0.05, 0) is 60.9 Å². The molecule has 0 aliphatic heterocycles. The molecule has 5 rings (SSSR count). The number of ether oxygens (including phenoxy) is 2. The number of hydrogen-bond donors (Lipinski definition) is 1. The second-order valence-corrected chi connectivity index (χ2v) is 10.4. The molecule has 7 nitrogen and oxygen atoms in total. The van der Waals surface area contributed by atoms with Gasteiger partial charge in [0.15, 0.2) is 0 Å². The van der Waals surface area contributed by atoms with E-state index in [0.29, 0.717) is 33.7 Å². The Kier molecular flexibility index (Phi) is 7.49. The minimum absolute atomic E-state index is 0.0119. The number of aromatic nitrogens is 2. The highest BCUT2D eigenvalue weighted by Gasteiger charge is 2.33. The Bertz CT molecular complexity index is 1800. The van der Waals surface area contributed by atoms with Gasteiger partial charge in [0, 0.05) is 35.1 Å². The molecular formula is C32H29F3N2O5. The van der Waals surface area contributed by atoms with Crippen molar-refractivity contribution in [1.29, 1.82) is 0 Å². The van der Waals surface area contributed by atoms with Crippen molar-refractivity contribution in [3.8, 4) is 33.9 Å². The van der Waals surface area contributed by atoms with Crippen molar-refractivity contribution < 1.29 is 37.1 Å². The van der Waals surface area contributed by atoms with Crippen molar-refractivity contribution in [2.24, 2.45) is 7.05 Å². The molecule has 1 N–H and O–H groups in total. The van der Waals surface area contributed by atoms with Gasteiger partial charge in [-0.2, -0.15) is 0 Å². The molecule has 3 aromatic carbocycles. The number of carboxylic acids is 1. The van der Waals surface area contributed by atoms with Crippen LogP contribution in [0.3, 0.4) is 0 Å². The van der Waals surface area contributed by atoms with E-state index in [2.05, 4.69) is 9.89 Å². The van der Waals surface area contributed by atoms with Crippen LogP contribution >= 0.6 is 0 Å². The van der Waals surface area contributed by atoms with Crippen LogP contribution in [0.5, 0.6) is 11.5 Å². The van der Waals surface area contributed by atoms with Gasteiger partial charge >= 0.3 is 12.3 Å². The molecule has 2 heterocycles. The monoisotopic (exact) mass is 578 g/mol. The van der Waals surface area contributed by atoms with E-state index in [1.165, 1.54) is 18.2 Å². The van der Waals surface area contributed by atoms with Gasteiger partial charge in [-0.3, -0.25) is 0 Å². The van der Waals surface area contributed by atoms with Gasteiger partial charge in [0.1, 0.15) is 29.6 Å². The van der Waals surface area contributed by atoms with E-state index in [4.69, 9.17) is 9.26 Å². The van der Waals surface area contributed by atoms with Crippen LogP contribution in [0, 0.1) is 13.8 Å². The Morgan fingerprint density at radius 3 is 2.45 bits per heavy atom. The van der Waals surface area contributed by atoms with Crippen molar-refractivity contribution in [3.63, 3.8) is 0 Å². The quantitative estimate of drug-likeness (QED) is 0.199. The largest absolute Gasteiger partial charge is 0.573 e. The van der Waals surface area contributed by atoms with Crippen molar-refractivity contribution in [2.45, 2.75) is 46.6 Å². The normalized spacial score (nSPS) is 11.8. The summed E-state index contributed by atoms with van der Waals surface area (Å²) in [6.45, 7) is 7.54. The van der Waals surface area contributed by atoms with Crippen LogP contribution in [0.15, 0.2) is 65.2 Å². The Labute approximate surface area is 240 Å². The van der Waals surface area contributed by atoms with Gasteiger partial charge in [-0.15, -0.1) is 13.2 Å². The van der Waals surface area contributed by atoms with Gasteiger partial charge in [0.05, 0.1) is 11.1 Å². The number of benzene rings is 3. The number of carbonyl (C=O) groups is 1. The predicted octanol–water partition coefficient (Wildman–Crippen LogP) is 8.42. The van der Waals surface area contributed by atoms with Crippen molar-refractivity contribution in [2.75, 3.05) is 0 Å². The first kappa shape index (κ1) is 28.8. The lowest BCUT2D eigenvalue weighted by molar-refractivity contribution is -0.274. The standard InChI is InChI=1S/C32H29F3N2O5/c1-17(2)30-25(29(36-42-30)24-8-6-7-9-27(24)41-32(33,34)35)16-40-21-11-13-22(18(3)14-21)20-10-12-23-26(15-20)37(5)19(4)28(23)31(38)39/h6-15,17H,16H2,1-5H3,(H,38,39). The molecule has 0 fully saturated rings. The number of alkyl halides is 3. The summed E-state index contributed by atoms with van der Waals surface area (Å²) in [6, 6.07) is 17.1. The van der Waals surface area contributed by atoms with Gasteiger partial charge in [0.2, 0.25) is 0 Å². The van der Waals surface area contributed by atoms with Gasteiger partial charge < -0.3 is 23.7 Å². The molecule has 0 spiro atoms. The Morgan fingerprint density at radius 2 is 1.79 bits per heavy atom. The van der Waals surface area contributed by atoms with Crippen LogP contribution in [0.2, 0.25) is 0 Å². The molecule has 0 saturated carbocycles. The molecule has 0 saturated heterocycles. The summed E-state index contributed by atoms with van der Waals surface area (Å²) in [5.41, 5.74) is 5.49. The number of hydrogen-bond acceptors (Lipinski definition) is 5. The third kappa shape index (κ3) is 5.44. The highest BCUT2D eigenvalue weighted by Crippen LogP contribution is 2.38. The molecule has 0 bridgehead atoms. The number of aromatic carboxylic acids is 1. The SMILES string of the molecule is Cc1cc(OCc2c(-c3ccccc3OC(F)(F)F)noc2C(C)C)ccc1-c1ccc2c(C(=O)O)c(C)n(C)c2c1. The van der Waals surface area contributed by atoms with Crippen LogP contribution in [-0.2, 0) is 13.7 Å². The van der Waals surface area contributed by atoms with E-state index in [9.17, 15) is 23.1 Å². The lowest BCUT2D eigenvalue weighted by Gasteiger charge is -2.14. The third-order valence-electron chi connectivity index (χ3n) is 7.31. The first-order chi connectivity index (χ1) is 19.9. The average molecular weight is 579 g/mol. The molecule has 218 valence electrons. The van der Waals surface area contributed by atoms with Crippen LogP contribution in [-0.4, -0.2) is 27.2 Å². The van der Waals surface area contributed by atoms with Crippen molar-refractivity contribution >= 4 is 16.9 Å². The highest BCUT2D eigenvalue weighted by molar-refractivity contribution is 6.06. The zero-order valence-corrected chi connectivity index (χ0v) is 23.7. The van der Waals surface area contributed by atoms with E-state index in [1.54, 1.807) is 13.0 Å². The smallest absolute Gasteiger partial charge is 0.489 e. The number of para-hydroxylation sites is 1. The molecule has 2 aromatic heterocycles.